The second kappa shape index (κ2) is 11.6. The fourth-order valence-corrected chi connectivity index (χ4v) is 5.64. The van der Waals surface area contributed by atoms with Crippen LogP contribution in [0.15, 0.2) is 60.7 Å². The van der Waals surface area contributed by atoms with E-state index in [2.05, 4.69) is 68.1 Å². The minimum absolute atomic E-state index is 0.0322. The molecule has 1 fully saturated rings. The van der Waals surface area contributed by atoms with Crippen LogP contribution in [-0.2, 0) is 19.8 Å². The molecular weight excluding hydrogens is 454 g/mol. The molecule has 0 spiro atoms. The van der Waals surface area contributed by atoms with Crippen LogP contribution in [0.5, 0.6) is 0 Å². The van der Waals surface area contributed by atoms with E-state index in [0.717, 1.165) is 19.3 Å². The first-order chi connectivity index (χ1) is 16.7. The molecule has 2 aromatic rings. The van der Waals surface area contributed by atoms with Crippen molar-refractivity contribution < 1.29 is 14.4 Å². The highest BCUT2D eigenvalue weighted by molar-refractivity contribution is 7.96. The first-order valence-electron chi connectivity index (χ1n) is 12.8. The van der Waals surface area contributed by atoms with Crippen LogP contribution in [0.2, 0.25) is 0 Å². The molecule has 0 radical (unpaired) electrons. The van der Waals surface area contributed by atoms with E-state index < -0.39 is 17.2 Å². The van der Waals surface area contributed by atoms with Crippen molar-refractivity contribution in [1.82, 2.24) is 4.90 Å². The van der Waals surface area contributed by atoms with E-state index >= 15 is 0 Å². The number of carbonyl (C=O) groups excluding carboxylic acids is 3. The molecular formula is C30H39NO3S. The predicted molar refractivity (Wildman–Crippen MR) is 144 cm³/mol. The van der Waals surface area contributed by atoms with Crippen molar-refractivity contribution in [1.29, 1.82) is 0 Å². The first-order valence-corrected chi connectivity index (χ1v) is 13.3. The topological polar surface area (TPSA) is 54.5 Å². The lowest BCUT2D eigenvalue weighted by atomic mass is 9.60. The van der Waals surface area contributed by atoms with Gasteiger partial charge in [-0.05, 0) is 36.3 Å². The second-order valence-corrected chi connectivity index (χ2v) is 11.0. The number of carbonyl (C=O) groups is 3. The predicted octanol–water partition coefficient (Wildman–Crippen LogP) is 6.09. The Morgan fingerprint density at radius 1 is 0.914 bits per heavy atom. The second-order valence-electron chi connectivity index (χ2n) is 10.6. The van der Waals surface area contributed by atoms with Crippen molar-refractivity contribution in [2.24, 2.45) is 17.3 Å². The number of amides is 1. The molecule has 4 nitrogen and oxygen atoms in total. The molecule has 1 aliphatic rings. The normalized spacial score (nSPS) is 18.8. The van der Waals surface area contributed by atoms with Gasteiger partial charge in [-0.25, -0.2) is 0 Å². The van der Waals surface area contributed by atoms with Crippen molar-refractivity contribution in [3.05, 3.63) is 71.8 Å². The average molecular weight is 494 g/mol. The number of likely N-dealkylation sites (tertiary alicyclic amines) is 1. The number of unbranched alkanes of at least 4 members (excludes halogenated alkanes) is 1. The van der Waals surface area contributed by atoms with Gasteiger partial charge < -0.3 is 4.90 Å². The third-order valence-electron chi connectivity index (χ3n) is 7.98. The van der Waals surface area contributed by atoms with E-state index in [9.17, 15) is 14.4 Å². The molecule has 0 aromatic heterocycles. The fraction of sp³-hybridized carbons (Fsp3) is 0.500. The molecule has 2 unspecified atom stereocenters. The van der Waals surface area contributed by atoms with Crippen molar-refractivity contribution in [2.45, 2.75) is 65.2 Å². The molecule has 0 saturated carbocycles. The molecule has 2 aromatic carbocycles. The SMILES string of the molecule is CCCCC(c1ccccc1)(c1ccccc1)C1CC(C(=O)S)CN(C(=O)C(=O)C(C)(C)CC)C1. The van der Waals surface area contributed by atoms with Gasteiger partial charge in [0.15, 0.2) is 5.12 Å². The number of hydrogen-bond donors (Lipinski definition) is 1. The number of benzene rings is 2. The first kappa shape index (κ1) is 27.2. The summed E-state index contributed by atoms with van der Waals surface area (Å²) in [5.74, 6) is -1.31. The number of hydrogen-bond acceptors (Lipinski definition) is 3. The van der Waals surface area contributed by atoms with Crippen LogP contribution >= 0.6 is 12.6 Å². The lowest BCUT2D eigenvalue weighted by Gasteiger charge is -2.48. The molecule has 5 heteroatoms. The van der Waals surface area contributed by atoms with Gasteiger partial charge in [-0.15, -0.1) is 12.6 Å². The Kier molecular flexibility index (Phi) is 8.98. The van der Waals surface area contributed by atoms with Crippen LogP contribution in [0.3, 0.4) is 0 Å². The monoisotopic (exact) mass is 493 g/mol. The maximum absolute atomic E-state index is 13.5. The highest BCUT2D eigenvalue weighted by atomic mass is 32.1. The summed E-state index contributed by atoms with van der Waals surface area (Å²) in [6.07, 6.45) is 4.15. The van der Waals surface area contributed by atoms with E-state index in [4.69, 9.17) is 0 Å². The third kappa shape index (κ3) is 5.72. The van der Waals surface area contributed by atoms with E-state index in [1.54, 1.807) is 4.90 Å². The molecule has 0 N–H and O–H groups in total. The summed E-state index contributed by atoms with van der Waals surface area (Å²) in [6.45, 7) is 8.42. The number of ketones is 1. The standard InChI is InChI=1S/C30H39NO3S/c1-5-7-18-30(23-14-10-8-11-15-23,24-16-12-9-13-17-24)25-19-22(28(34)35)20-31(21-25)27(33)26(32)29(3,4)6-2/h8-17,22,25H,5-7,18-21H2,1-4H3,(H,34,35). The Hall–Kier alpha value is -2.40. The molecule has 35 heavy (non-hydrogen) atoms. The van der Waals surface area contributed by atoms with E-state index in [1.807, 2.05) is 32.9 Å². The number of piperidine rings is 1. The molecule has 188 valence electrons. The summed E-state index contributed by atoms with van der Waals surface area (Å²) < 4.78 is 0. The van der Waals surface area contributed by atoms with Crippen molar-refractivity contribution in [3.63, 3.8) is 0 Å². The van der Waals surface area contributed by atoms with Gasteiger partial charge in [0.1, 0.15) is 0 Å². The lowest BCUT2D eigenvalue weighted by molar-refractivity contribution is -0.151. The Morgan fingerprint density at radius 3 is 1.91 bits per heavy atom. The zero-order chi connectivity index (χ0) is 25.6. The van der Waals surface area contributed by atoms with Crippen LogP contribution in [0.4, 0.5) is 0 Å². The van der Waals surface area contributed by atoms with Gasteiger partial charge in [0, 0.05) is 29.8 Å². The Balaban J connectivity index is 2.14. The van der Waals surface area contributed by atoms with E-state index in [0.29, 0.717) is 19.4 Å². The Labute approximate surface area is 215 Å². The molecule has 1 saturated heterocycles. The highest BCUT2D eigenvalue weighted by Crippen LogP contribution is 2.48. The van der Waals surface area contributed by atoms with Crippen LogP contribution in [0, 0.1) is 17.3 Å². The van der Waals surface area contributed by atoms with Crippen molar-refractivity contribution in [3.8, 4) is 0 Å². The quantitative estimate of drug-likeness (QED) is 0.322. The minimum Gasteiger partial charge on any atom is -0.335 e. The molecule has 1 heterocycles. The van der Waals surface area contributed by atoms with Gasteiger partial charge in [0.25, 0.3) is 5.91 Å². The van der Waals surface area contributed by atoms with Crippen molar-refractivity contribution in [2.75, 3.05) is 13.1 Å². The third-order valence-corrected chi connectivity index (χ3v) is 8.34. The summed E-state index contributed by atoms with van der Waals surface area (Å²) >= 11 is 4.20. The van der Waals surface area contributed by atoms with Gasteiger partial charge in [-0.1, -0.05) is 101 Å². The maximum Gasteiger partial charge on any atom is 0.290 e. The Bertz CT molecular complexity index is 979. The van der Waals surface area contributed by atoms with Crippen LogP contribution in [-0.4, -0.2) is 34.8 Å². The van der Waals surface area contributed by atoms with Crippen molar-refractivity contribution >= 4 is 29.4 Å². The van der Waals surface area contributed by atoms with Gasteiger partial charge in [0.05, 0.1) is 0 Å². The summed E-state index contributed by atoms with van der Waals surface area (Å²) in [5.41, 5.74) is 1.25. The van der Waals surface area contributed by atoms with Gasteiger partial charge >= 0.3 is 0 Å². The Morgan fingerprint density at radius 2 is 1.46 bits per heavy atom. The number of rotatable bonds is 10. The van der Waals surface area contributed by atoms with Crippen LogP contribution in [0.25, 0.3) is 0 Å². The zero-order valence-electron chi connectivity index (χ0n) is 21.5. The average Bonchev–Trinajstić information content (AvgIpc) is 2.89. The minimum atomic E-state index is -0.733. The summed E-state index contributed by atoms with van der Waals surface area (Å²) in [5, 5.41) is -0.222. The smallest absolute Gasteiger partial charge is 0.290 e. The summed E-state index contributed by atoms with van der Waals surface area (Å²) in [6, 6.07) is 20.9. The van der Waals surface area contributed by atoms with Gasteiger partial charge in [0.2, 0.25) is 5.78 Å². The number of nitrogens with zero attached hydrogens (tertiary/aromatic N) is 1. The maximum atomic E-state index is 13.5. The molecule has 1 amide bonds. The molecule has 0 bridgehead atoms. The number of Topliss-reactive ketones (excluding diaryl/α,β-unsaturated/α-hetero) is 1. The highest BCUT2D eigenvalue weighted by Gasteiger charge is 2.48. The zero-order valence-corrected chi connectivity index (χ0v) is 22.4. The molecule has 0 aliphatic carbocycles. The van der Waals surface area contributed by atoms with Gasteiger partial charge in [-0.2, -0.15) is 0 Å². The molecule has 1 aliphatic heterocycles. The largest absolute Gasteiger partial charge is 0.335 e. The molecule has 2 atom stereocenters. The van der Waals surface area contributed by atoms with E-state index in [1.165, 1.54) is 11.1 Å². The summed E-state index contributed by atoms with van der Waals surface area (Å²) in [7, 11) is 0. The van der Waals surface area contributed by atoms with Gasteiger partial charge in [-0.3, -0.25) is 14.4 Å². The van der Waals surface area contributed by atoms with Crippen LogP contribution < -0.4 is 0 Å². The fourth-order valence-electron chi connectivity index (χ4n) is 5.45. The molecule has 3 rings (SSSR count). The lowest BCUT2D eigenvalue weighted by Crippen LogP contribution is -2.55. The van der Waals surface area contributed by atoms with Crippen LogP contribution in [0.1, 0.15) is 70.9 Å². The number of thiol groups is 1. The van der Waals surface area contributed by atoms with E-state index in [-0.39, 0.29) is 28.8 Å². The summed E-state index contributed by atoms with van der Waals surface area (Å²) in [4.78, 5) is 40.8.